The van der Waals surface area contributed by atoms with Crippen LogP contribution in [0.2, 0.25) is 0 Å². The molecule has 0 aliphatic carbocycles. The van der Waals surface area contributed by atoms with Crippen LogP contribution in [-0.4, -0.2) is 16.1 Å². The number of nitrogens with zero attached hydrogens (tertiary/aromatic N) is 1. The van der Waals surface area contributed by atoms with E-state index in [-0.39, 0.29) is 23.0 Å². The fraction of sp³-hybridized carbons (Fsp3) is 0.250. The lowest BCUT2D eigenvalue weighted by molar-refractivity contribution is 0.0697. The molecule has 2 rings (SSSR count). The normalized spacial score (nSPS) is 10.7. The highest BCUT2D eigenvalue weighted by Gasteiger charge is 2.13. The molecule has 0 fully saturated rings. The average Bonchev–Trinajstić information content (AvgIpc) is 2.40. The van der Waals surface area contributed by atoms with Crippen molar-refractivity contribution in [2.75, 3.05) is 5.73 Å². The molecule has 3 N–H and O–H groups in total. The largest absolute Gasteiger partial charge is 0.478 e. The first-order chi connectivity index (χ1) is 9.88. The van der Waals surface area contributed by atoms with E-state index in [0.29, 0.717) is 5.75 Å². The minimum Gasteiger partial charge on any atom is -0.478 e. The van der Waals surface area contributed by atoms with Gasteiger partial charge in [-0.3, -0.25) is 0 Å². The molecule has 5 nitrogen and oxygen atoms in total. The molecule has 0 saturated heterocycles. The van der Waals surface area contributed by atoms with Crippen LogP contribution in [0.25, 0.3) is 0 Å². The highest BCUT2D eigenvalue weighted by Crippen LogP contribution is 2.31. The van der Waals surface area contributed by atoms with E-state index < -0.39 is 5.97 Å². The molecule has 5 heteroatoms. The van der Waals surface area contributed by atoms with Gasteiger partial charge in [0.05, 0.1) is 17.4 Å². The van der Waals surface area contributed by atoms with Crippen LogP contribution in [0.5, 0.6) is 11.6 Å². The molecule has 0 atom stereocenters. The van der Waals surface area contributed by atoms with E-state index >= 15 is 0 Å². The van der Waals surface area contributed by atoms with Gasteiger partial charge >= 0.3 is 5.97 Å². The number of pyridine rings is 1. The first kappa shape index (κ1) is 14.8. The number of aryl methyl sites for hydroxylation is 1. The van der Waals surface area contributed by atoms with Crippen LogP contribution >= 0.6 is 0 Å². The SMILES string of the molecule is Cc1ccc(C(C)C)c(Oc2cc(C(=O)O)c(N)cn2)c1. The second-order valence-corrected chi connectivity index (χ2v) is 5.21. The average molecular weight is 286 g/mol. The molecule has 0 aliphatic rings. The van der Waals surface area contributed by atoms with Crippen molar-refractivity contribution in [3.63, 3.8) is 0 Å². The standard InChI is InChI=1S/C16H18N2O3/c1-9(2)11-5-4-10(3)6-14(11)21-15-7-12(16(19)20)13(17)8-18-15/h4-9H,17H2,1-3H3,(H,19,20). The molecule has 1 aromatic carbocycles. The molecule has 0 radical (unpaired) electrons. The summed E-state index contributed by atoms with van der Waals surface area (Å²) in [6.45, 7) is 6.10. The molecule has 2 aromatic rings. The van der Waals surface area contributed by atoms with Gasteiger partial charge in [0.25, 0.3) is 0 Å². The fourth-order valence-corrected chi connectivity index (χ4v) is 2.01. The van der Waals surface area contributed by atoms with Crippen LogP contribution in [0.1, 0.15) is 41.3 Å². The molecule has 0 unspecified atom stereocenters. The quantitative estimate of drug-likeness (QED) is 0.897. The lowest BCUT2D eigenvalue weighted by Crippen LogP contribution is -2.04. The molecule has 0 spiro atoms. The van der Waals surface area contributed by atoms with Crippen molar-refractivity contribution in [3.05, 3.63) is 47.2 Å². The molecule has 110 valence electrons. The summed E-state index contributed by atoms with van der Waals surface area (Å²) >= 11 is 0. The zero-order chi connectivity index (χ0) is 15.6. The molecule has 0 saturated carbocycles. The number of anilines is 1. The Morgan fingerprint density at radius 1 is 1.33 bits per heavy atom. The van der Waals surface area contributed by atoms with Crippen LogP contribution in [0.15, 0.2) is 30.5 Å². The Balaban J connectivity index is 2.40. The number of nitrogens with two attached hydrogens (primary N) is 1. The number of ether oxygens (including phenoxy) is 1. The third kappa shape index (κ3) is 3.31. The van der Waals surface area contributed by atoms with Gasteiger partial charge in [0, 0.05) is 6.07 Å². The molecule has 0 amide bonds. The summed E-state index contributed by atoms with van der Waals surface area (Å²) in [5.74, 6) is 0.0779. The lowest BCUT2D eigenvalue weighted by atomic mass is 10.0. The van der Waals surface area contributed by atoms with Gasteiger partial charge in [0.1, 0.15) is 5.75 Å². The minimum atomic E-state index is -1.10. The topological polar surface area (TPSA) is 85.4 Å². The van der Waals surface area contributed by atoms with Gasteiger partial charge in [0.15, 0.2) is 0 Å². The number of nitrogen functional groups attached to an aromatic ring is 1. The number of aromatic carboxylic acids is 1. The highest BCUT2D eigenvalue weighted by molar-refractivity contribution is 5.93. The van der Waals surface area contributed by atoms with E-state index in [0.717, 1.165) is 11.1 Å². The Morgan fingerprint density at radius 3 is 2.67 bits per heavy atom. The Kier molecular flexibility index (Phi) is 4.12. The summed E-state index contributed by atoms with van der Waals surface area (Å²) in [6, 6.07) is 7.27. The molecule has 1 aromatic heterocycles. The maximum atomic E-state index is 11.1. The monoisotopic (exact) mass is 286 g/mol. The maximum absolute atomic E-state index is 11.1. The summed E-state index contributed by atoms with van der Waals surface area (Å²) in [5.41, 5.74) is 7.78. The maximum Gasteiger partial charge on any atom is 0.338 e. The number of hydrogen-bond donors (Lipinski definition) is 2. The third-order valence-corrected chi connectivity index (χ3v) is 3.15. The fourth-order valence-electron chi connectivity index (χ4n) is 2.01. The van der Waals surface area contributed by atoms with E-state index in [2.05, 4.69) is 18.8 Å². The molecule has 0 aliphatic heterocycles. The van der Waals surface area contributed by atoms with Crippen LogP contribution in [0.4, 0.5) is 5.69 Å². The zero-order valence-corrected chi connectivity index (χ0v) is 12.3. The smallest absolute Gasteiger partial charge is 0.338 e. The number of carboxylic acid groups (broad SMARTS) is 1. The molecular weight excluding hydrogens is 268 g/mol. The van der Waals surface area contributed by atoms with Crippen LogP contribution in [0.3, 0.4) is 0 Å². The van der Waals surface area contributed by atoms with Gasteiger partial charge < -0.3 is 15.6 Å². The Labute approximate surface area is 123 Å². The number of carboxylic acids is 1. The number of rotatable bonds is 4. The highest BCUT2D eigenvalue weighted by atomic mass is 16.5. The van der Waals surface area contributed by atoms with E-state index in [9.17, 15) is 4.79 Å². The zero-order valence-electron chi connectivity index (χ0n) is 12.3. The van der Waals surface area contributed by atoms with Crippen molar-refractivity contribution in [3.8, 4) is 11.6 Å². The number of aromatic nitrogens is 1. The molecule has 21 heavy (non-hydrogen) atoms. The summed E-state index contributed by atoms with van der Waals surface area (Å²) in [6.07, 6.45) is 1.30. The van der Waals surface area contributed by atoms with E-state index in [1.54, 1.807) is 0 Å². The second kappa shape index (κ2) is 5.83. The Hall–Kier alpha value is -2.56. The molecule has 0 bridgehead atoms. The number of carbonyl (C=O) groups is 1. The van der Waals surface area contributed by atoms with E-state index in [4.69, 9.17) is 15.6 Å². The van der Waals surface area contributed by atoms with Crippen LogP contribution < -0.4 is 10.5 Å². The van der Waals surface area contributed by atoms with Gasteiger partial charge in [-0.25, -0.2) is 9.78 Å². The third-order valence-electron chi connectivity index (χ3n) is 3.15. The van der Waals surface area contributed by atoms with Crippen molar-refractivity contribution in [2.24, 2.45) is 0 Å². The summed E-state index contributed by atoms with van der Waals surface area (Å²) in [4.78, 5) is 15.1. The van der Waals surface area contributed by atoms with Gasteiger partial charge in [0.2, 0.25) is 5.88 Å². The van der Waals surface area contributed by atoms with Gasteiger partial charge in [-0.2, -0.15) is 0 Å². The number of hydrogen-bond acceptors (Lipinski definition) is 4. The van der Waals surface area contributed by atoms with Crippen molar-refractivity contribution in [1.82, 2.24) is 4.98 Å². The minimum absolute atomic E-state index is 0.0150. The summed E-state index contributed by atoms with van der Waals surface area (Å²) in [7, 11) is 0. The van der Waals surface area contributed by atoms with Crippen molar-refractivity contribution in [2.45, 2.75) is 26.7 Å². The van der Waals surface area contributed by atoms with Gasteiger partial charge in [-0.05, 0) is 30.0 Å². The Bertz CT molecular complexity index is 681. The van der Waals surface area contributed by atoms with Crippen LogP contribution in [0, 0.1) is 6.92 Å². The summed E-state index contributed by atoms with van der Waals surface area (Å²) < 4.78 is 5.77. The Morgan fingerprint density at radius 2 is 2.05 bits per heavy atom. The van der Waals surface area contributed by atoms with Crippen molar-refractivity contribution >= 4 is 11.7 Å². The first-order valence-electron chi connectivity index (χ1n) is 6.65. The predicted molar refractivity (Wildman–Crippen MR) is 81.0 cm³/mol. The van der Waals surface area contributed by atoms with Crippen LogP contribution in [-0.2, 0) is 0 Å². The predicted octanol–water partition coefficient (Wildman–Crippen LogP) is 3.59. The molecular formula is C16H18N2O3. The second-order valence-electron chi connectivity index (χ2n) is 5.21. The summed E-state index contributed by atoms with van der Waals surface area (Å²) in [5, 5.41) is 9.08. The van der Waals surface area contributed by atoms with Gasteiger partial charge in [-0.1, -0.05) is 26.0 Å². The lowest BCUT2D eigenvalue weighted by Gasteiger charge is -2.14. The molecule has 1 heterocycles. The van der Waals surface area contributed by atoms with E-state index in [1.807, 2.05) is 25.1 Å². The van der Waals surface area contributed by atoms with Gasteiger partial charge in [-0.15, -0.1) is 0 Å². The number of benzene rings is 1. The van der Waals surface area contributed by atoms with E-state index in [1.165, 1.54) is 12.3 Å². The van der Waals surface area contributed by atoms with Crippen molar-refractivity contribution < 1.29 is 14.6 Å². The first-order valence-corrected chi connectivity index (χ1v) is 6.65. The van der Waals surface area contributed by atoms with Crippen molar-refractivity contribution in [1.29, 1.82) is 0 Å².